The van der Waals surface area contributed by atoms with Crippen molar-refractivity contribution < 1.29 is 0 Å². The predicted molar refractivity (Wildman–Crippen MR) is 85.9 cm³/mol. The Morgan fingerprint density at radius 3 is 2.74 bits per heavy atom. The number of benzene rings is 1. The summed E-state index contributed by atoms with van der Waals surface area (Å²) in [4.78, 5) is 1.45. The Morgan fingerprint density at radius 1 is 1.32 bits per heavy atom. The lowest BCUT2D eigenvalue weighted by Gasteiger charge is -2.31. The van der Waals surface area contributed by atoms with Crippen LogP contribution in [-0.2, 0) is 0 Å². The fourth-order valence-electron chi connectivity index (χ4n) is 3.03. The molecule has 19 heavy (non-hydrogen) atoms. The summed E-state index contributed by atoms with van der Waals surface area (Å²) in [5.41, 5.74) is 1.83. The zero-order chi connectivity index (χ0) is 13.9. The third kappa shape index (κ3) is 3.55. The Morgan fingerprint density at radius 2 is 2.05 bits per heavy atom. The Hall–Kier alpha value is -0.470. The molecule has 1 fully saturated rings. The number of aryl methyl sites for hydroxylation is 1. The van der Waals surface area contributed by atoms with Crippen LogP contribution in [0.25, 0.3) is 0 Å². The molecule has 0 heterocycles. The van der Waals surface area contributed by atoms with Crippen molar-refractivity contribution in [2.24, 2.45) is 5.41 Å². The molecular weight excluding hydrogens is 250 g/mol. The van der Waals surface area contributed by atoms with E-state index in [1.807, 2.05) is 0 Å². The van der Waals surface area contributed by atoms with E-state index < -0.39 is 0 Å². The summed E-state index contributed by atoms with van der Waals surface area (Å²) in [7, 11) is 0. The quantitative estimate of drug-likeness (QED) is 0.841. The molecule has 0 spiro atoms. The monoisotopic (exact) mass is 277 g/mol. The van der Waals surface area contributed by atoms with Gasteiger partial charge in [0.2, 0.25) is 0 Å². The van der Waals surface area contributed by atoms with Gasteiger partial charge >= 0.3 is 0 Å². The smallest absolute Gasteiger partial charge is 0.0253 e. The van der Waals surface area contributed by atoms with Crippen LogP contribution < -0.4 is 5.32 Å². The number of rotatable bonds is 5. The van der Waals surface area contributed by atoms with Gasteiger partial charge in [-0.05, 0) is 49.8 Å². The molecule has 1 aliphatic carbocycles. The molecular formula is C17H27NS. The highest BCUT2D eigenvalue weighted by Gasteiger charge is 2.41. The number of hydrogen-bond donors (Lipinski definition) is 1. The van der Waals surface area contributed by atoms with Gasteiger partial charge in [0.25, 0.3) is 0 Å². The van der Waals surface area contributed by atoms with Crippen LogP contribution in [0, 0.1) is 12.3 Å². The fraction of sp³-hybridized carbons (Fsp3) is 0.647. The zero-order valence-electron chi connectivity index (χ0n) is 12.7. The van der Waals surface area contributed by atoms with Gasteiger partial charge in [0.1, 0.15) is 0 Å². The van der Waals surface area contributed by atoms with Gasteiger partial charge in [0.15, 0.2) is 0 Å². The molecule has 0 amide bonds. The summed E-state index contributed by atoms with van der Waals surface area (Å²) in [5.74, 6) is 0. The van der Waals surface area contributed by atoms with Crippen molar-refractivity contribution in [3.8, 4) is 0 Å². The second kappa shape index (κ2) is 6.32. The topological polar surface area (TPSA) is 12.0 Å². The maximum Gasteiger partial charge on any atom is 0.0253 e. The van der Waals surface area contributed by atoms with Crippen LogP contribution in [0.5, 0.6) is 0 Å². The van der Waals surface area contributed by atoms with Crippen LogP contribution in [-0.4, -0.2) is 17.8 Å². The van der Waals surface area contributed by atoms with Gasteiger partial charge in [-0.3, -0.25) is 0 Å². The van der Waals surface area contributed by atoms with E-state index in [2.05, 4.69) is 69.0 Å². The molecule has 1 saturated carbocycles. The molecule has 2 unspecified atom stereocenters. The molecule has 1 aromatic rings. The van der Waals surface area contributed by atoms with E-state index in [0.29, 0.717) is 16.7 Å². The third-order valence-corrected chi connectivity index (χ3v) is 5.80. The van der Waals surface area contributed by atoms with E-state index in [1.54, 1.807) is 0 Å². The maximum absolute atomic E-state index is 3.79. The van der Waals surface area contributed by atoms with Gasteiger partial charge < -0.3 is 5.32 Å². The molecule has 1 aliphatic rings. The van der Waals surface area contributed by atoms with Gasteiger partial charge in [-0.15, -0.1) is 11.8 Å². The van der Waals surface area contributed by atoms with E-state index in [0.717, 1.165) is 6.54 Å². The van der Waals surface area contributed by atoms with Crippen LogP contribution in [0.15, 0.2) is 29.2 Å². The summed E-state index contributed by atoms with van der Waals surface area (Å²) in [6, 6.07) is 9.41. The first-order valence-corrected chi connectivity index (χ1v) is 8.38. The summed E-state index contributed by atoms with van der Waals surface area (Å²) in [6.07, 6.45) is 3.87. The summed E-state index contributed by atoms with van der Waals surface area (Å²) >= 11 is 2.08. The highest BCUT2D eigenvalue weighted by molar-refractivity contribution is 8.00. The van der Waals surface area contributed by atoms with Crippen LogP contribution in [0.2, 0.25) is 0 Å². The van der Waals surface area contributed by atoms with E-state index in [9.17, 15) is 0 Å². The molecule has 1 N–H and O–H groups in total. The SMILES string of the molecule is CCCNC1C(Sc2ccccc2C)CCC1(C)C. The van der Waals surface area contributed by atoms with Crippen molar-refractivity contribution in [2.45, 2.75) is 63.1 Å². The molecule has 0 aromatic heterocycles. The third-order valence-electron chi connectivity index (χ3n) is 4.27. The highest BCUT2D eigenvalue weighted by atomic mass is 32.2. The Kier molecular flexibility index (Phi) is 4.97. The van der Waals surface area contributed by atoms with Crippen molar-refractivity contribution in [1.82, 2.24) is 5.32 Å². The molecule has 1 nitrogen and oxygen atoms in total. The van der Waals surface area contributed by atoms with Gasteiger partial charge in [0, 0.05) is 16.2 Å². The van der Waals surface area contributed by atoms with E-state index in [1.165, 1.54) is 29.7 Å². The Bertz CT molecular complexity index is 413. The van der Waals surface area contributed by atoms with E-state index in [-0.39, 0.29) is 0 Å². The standard InChI is InChI=1S/C17H27NS/c1-5-12-18-16-15(10-11-17(16,3)4)19-14-9-7-6-8-13(14)2/h6-9,15-16,18H,5,10-12H2,1-4H3. The molecule has 0 aliphatic heterocycles. The Balaban J connectivity index is 2.08. The van der Waals surface area contributed by atoms with Crippen molar-refractivity contribution in [2.75, 3.05) is 6.54 Å². The van der Waals surface area contributed by atoms with Crippen LogP contribution in [0.4, 0.5) is 0 Å². The minimum Gasteiger partial charge on any atom is -0.312 e. The van der Waals surface area contributed by atoms with Crippen molar-refractivity contribution in [3.05, 3.63) is 29.8 Å². The minimum absolute atomic E-state index is 0.426. The number of hydrogen-bond acceptors (Lipinski definition) is 2. The van der Waals surface area contributed by atoms with Gasteiger partial charge in [-0.2, -0.15) is 0 Å². The van der Waals surface area contributed by atoms with E-state index >= 15 is 0 Å². The molecule has 2 rings (SSSR count). The second-order valence-electron chi connectivity index (χ2n) is 6.38. The van der Waals surface area contributed by atoms with Crippen molar-refractivity contribution in [1.29, 1.82) is 0 Å². The molecule has 2 heteroatoms. The fourth-order valence-corrected chi connectivity index (χ4v) is 4.60. The van der Waals surface area contributed by atoms with Crippen molar-refractivity contribution >= 4 is 11.8 Å². The molecule has 2 atom stereocenters. The number of thioether (sulfide) groups is 1. The summed E-state index contributed by atoms with van der Waals surface area (Å²) < 4.78 is 0. The average molecular weight is 277 g/mol. The first-order chi connectivity index (χ1) is 9.04. The largest absolute Gasteiger partial charge is 0.312 e. The lowest BCUT2D eigenvalue weighted by molar-refractivity contribution is 0.287. The molecule has 106 valence electrons. The summed E-state index contributed by atoms with van der Waals surface area (Å²) in [6.45, 7) is 10.4. The van der Waals surface area contributed by atoms with E-state index in [4.69, 9.17) is 0 Å². The molecule has 1 aromatic carbocycles. The molecule has 0 bridgehead atoms. The first-order valence-electron chi connectivity index (χ1n) is 7.50. The second-order valence-corrected chi connectivity index (χ2v) is 7.66. The van der Waals surface area contributed by atoms with Crippen molar-refractivity contribution in [3.63, 3.8) is 0 Å². The normalized spacial score (nSPS) is 25.7. The van der Waals surface area contributed by atoms with Crippen LogP contribution in [0.1, 0.15) is 45.6 Å². The molecule has 0 saturated heterocycles. The van der Waals surface area contributed by atoms with Gasteiger partial charge in [-0.25, -0.2) is 0 Å². The van der Waals surface area contributed by atoms with Crippen LogP contribution in [0.3, 0.4) is 0 Å². The zero-order valence-corrected chi connectivity index (χ0v) is 13.5. The number of nitrogens with one attached hydrogen (secondary N) is 1. The maximum atomic E-state index is 3.79. The lowest BCUT2D eigenvalue weighted by Crippen LogP contribution is -2.43. The Labute approximate surface area is 122 Å². The van der Waals surface area contributed by atoms with Gasteiger partial charge in [0.05, 0.1) is 0 Å². The van der Waals surface area contributed by atoms with Crippen LogP contribution >= 0.6 is 11.8 Å². The highest BCUT2D eigenvalue weighted by Crippen LogP contribution is 2.45. The minimum atomic E-state index is 0.426. The first kappa shape index (κ1) is 14.9. The predicted octanol–water partition coefficient (Wildman–Crippen LogP) is 4.64. The lowest BCUT2D eigenvalue weighted by atomic mass is 9.87. The molecule has 0 radical (unpaired) electrons. The van der Waals surface area contributed by atoms with Gasteiger partial charge in [-0.1, -0.05) is 39.0 Å². The average Bonchev–Trinajstić information content (AvgIpc) is 2.65. The summed E-state index contributed by atoms with van der Waals surface area (Å²) in [5, 5.41) is 4.50.